The first kappa shape index (κ1) is 13.4. The lowest BCUT2D eigenvalue weighted by Gasteiger charge is -2.19. The lowest BCUT2D eigenvalue weighted by molar-refractivity contribution is 0.326. The van der Waals surface area contributed by atoms with Crippen LogP contribution in [0, 0.1) is 11.3 Å². The van der Waals surface area contributed by atoms with Crippen LogP contribution in [0.25, 0.3) is 5.57 Å². The Morgan fingerprint density at radius 1 is 1.30 bits per heavy atom. The van der Waals surface area contributed by atoms with Crippen LogP contribution in [0.1, 0.15) is 31.2 Å². The number of rotatable bonds is 4. The minimum absolute atomic E-state index is 0.260. The fourth-order valence-electron chi connectivity index (χ4n) is 2.90. The molecule has 0 aromatic heterocycles. The molecule has 0 saturated carbocycles. The van der Waals surface area contributed by atoms with E-state index in [1.54, 1.807) is 0 Å². The van der Waals surface area contributed by atoms with Crippen molar-refractivity contribution in [3.05, 3.63) is 35.9 Å². The van der Waals surface area contributed by atoms with Gasteiger partial charge in [-0.2, -0.15) is 5.26 Å². The normalized spacial score (nSPS) is 27.8. The van der Waals surface area contributed by atoms with Crippen molar-refractivity contribution in [2.24, 2.45) is 0 Å². The van der Waals surface area contributed by atoms with Gasteiger partial charge in [0.25, 0.3) is 0 Å². The Bertz CT molecular complexity index is 585. The third-order valence-electron chi connectivity index (χ3n) is 3.94. The molecular formula is C16H17NO2S. The first-order chi connectivity index (χ1) is 9.78. The molecule has 3 atom stereocenters. The van der Waals surface area contributed by atoms with E-state index in [1.807, 2.05) is 12.1 Å². The standard InChI is InChI=1S/C16H17NO2S/c17-8-1-9-19-14-4-2-12(3-5-14)13-10-15-6-7-16(11-13)20(15)18/h2-5,10,15-16H,1,6-7,9,11H2. The molecule has 0 radical (unpaired) electrons. The summed E-state index contributed by atoms with van der Waals surface area (Å²) in [6, 6.07) is 10.1. The summed E-state index contributed by atoms with van der Waals surface area (Å²) in [6.07, 6.45) is 5.69. The van der Waals surface area contributed by atoms with Gasteiger partial charge >= 0.3 is 0 Å². The summed E-state index contributed by atoms with van der Waals surface area (Å²) >= 11 is 0. The zero-order valence-corrected chi connectivity index (χ0v) is 12.1. The summed E-state index contributed by atoms with van der Waals surface area (Å²) in [4.78, 5) is 0. The average molecular weight is 287 g/mol. The predicted molar refractivity (Wildman–Crippen MR) is 79.7 cm³/mol. The van der Waals surface area contributed by atoms with Gasteiger partial charge in [-0.15, -0.1) is 0 Å². The van der Waals surface area contributed by atoms with Gasteiger partial charge in [-0.25, -0.2) is 0 Å². The van der Waals surface area contributed by atoms with Crippen molar-refractivity contribution in [2.45, 2.75) is 36.2 Å². The van der Waals surface area contributed by atoms with Crippen LogP contribution in [-0.4, -0.2) is 21.3 Å². The van der Waals surface area contributed by atoms with Crippen LogP contribution in [-0.2, 0) is 10.8 Å². The number of hydrogen-bond donors (Lipinski definition) is 0. The van der Waals surface area contributed by atoms with E-state index in [9.17, 15) is 4.21 Å². The first-order valence-corrected chi connectivity index (χ1v) is 8.26. The van der Waals surface area contributed by atoms with Gasteiger partial charge in [0.05, 0.1) is 17.7 Å². The predicted octanol–water partition coefficient (Wildman–Crippen LogP) is 3.05. The Morgan fingerprint density at radius 2 is 2.10 bits per heavy atom. The molecule has 1 aromatic carbocycles. The van der Waals surface area contributed by atoms with E-state index >= 15 is 0 Å². The summed E-state index contributed by atoms with van der Waals surface area (Å²) in [7, 11) is -0.655. The topological polar surface area (TPSA) is 50.1 Å². The Hall–Kier alpha value is -1.60. The molecule has 4 heteroatoms. The van der Waals surface area contributed by atoms with Crippen molar-refractivity contribution in [3.63, 3.8) is 0 Å². The lowest BCUT2D eigenvalue weighted by atomic mass is 10.0. The molecule has 2 heterocycles. The molecule has 2 aliphatic heterocycles. The first-order valence-electron chi connectivity index (χ1n) is 6.98. The van der Waals surface area contributed by atoms with Gasteiger partial charge in [0.1, 0.15) is 12.4 Å². The van der Waals surface area contributed by atoms with Crippen LogP contribution in [0.4, 0.5) is 0 Å². The molecule has 3 nitrogen and oxygen atoms in total. The van der Waals surface area contributed by atoms with Crippen molar-refractivity contribution >= 4 is 16.4 Å². The minimum atomic E-state index is -0.655. The zero-order valence-electron chi connectivity index (χ0n) is 11.2. The summed E-state index contributed by atoms with van der Waals surface area (Å²) in [5.74, 6) is 0.798. The quantitative estimate of drug-likeness (QED) is 0.800. The van der Waals surface area contributed by atoms with Gasteiger partial charge in [0.15, 0.2) is 0 Å². The highest BCUT2D eigenvalue weighted by atomic mass is 32.2. The van der Waals surface area contributed by atoms with E-state index in [2.05, 4.69) is 24.3 Å². The van der Waals surface area contributed by atoms with E-state index in [4.69, 9.17) is 10.00 Å². The number of nitriles is 1. The highest BCUT2D eigenvalue weighted by Crippen LogP contribution is 2.38. The molecule has 0 amide bonds. The maximum absolute atomic E-state index is 12.0. The van der Waals surface area contributed by atoms with Crippen LogP contribution < -0.4 is 4.74 Å². The van der Waals surface area contributed by atoms with Gasteiger partial charge in [0.2, 0.25) is 0 Å². The molecule has 0 N–H and O–H groups in total. The molecule has 1 aromatic rings. The van der Waals surface area contributed by atoms with Crippen LogP contribution in [0.5, 0.6) is 5.75 Å². The molecule has 0 spiro atoms. The fraction of sp³-hybridized carbons (Fsp3) is 0.438. The second-order valence-electron chi connectivity index (χ2n) is 5.24. The summed E-state index contributed by atoms with van der Waals surface area (Å²) < 4.78 is 17.5. The summed E-state index contributed by atoms with van der Waals surface area (Å²) in [5.41, 5.74) is 2.52. The Kier molecular flexibility index (Phi) is 3.88. The molecular weight excluding hydrogens is 270 g/mol. The molecule has 3 rings (SSSR count). The minimum Gasteiger partial charge on any atom is -0.493 e. The van der Waals surface area contributed by atoms with Crippen LogP contribution >= 0.6 is 0 Å². The smallest absolute Gasteiger partial charge is 0.119 e. The molecule has 20 heavy (non-hydrogen) atoms. The van der Waals surface area contributed by atoms with Gasteiger partial charge in [0, 0.05) is 16.0 Å². The molecule has 2 bridgehead atoms. The van der Waals surface area contributed by atoms with Crippen molar-refractivity contribution in [1.29, 1.82) is 5.26 Å². The zero-order chi connectivity index (χ0) is 13.9. The third-order valence-corrected chi connectivity index (χ3v) is 5.97. The maximum Gasteiger partial charge on any atom is 0.119 e. The lowest BCUT2D eigenvalue weighted by Crippen LogP contribution is -2.19. The van der Waals surface area contributed by atoms with E-state index < -0.39 is 10.8 Å². The largest absolute Gasteiger partial charge is 0.493 e. The third kappa shape index (κ3) is 2.64. The van der Waals surface area contributed by atoms with E-state index in [0.717, 1.165) is 25.0 Å². The number of fused-ring (bicyclic) bond motifs is 2. The van der Waals surface area contributed by atoms with Crippen LogP contribution in [0.3, 0.4) is 0 Å². The van der Waals surface area contributed by atoms with Gasteiger partial charge in [-0.3, -0.25) is 4.21 Å². The maximum atomic E-state index is 12.0. The van der Waals surface area contributed by atoms with Gasteiger partial charge < -0.3 is 4.74 Å². The van der Waals surface area contributed by atoms with Crippen LogP contribution in [0.2, 0.25) is 0 Å². The second-order valence-corrected chi connectivity index (χ2v) is 7.17. The van der Waals surface area contributed by atoms with Crippen LogP contribution in [0.15, 0.2) is 30.3 Å². The summed E-state index contributed by atoms with van der Waals surface area (Å²) in [6.45, 7) is 0.432. The van der Waals surface area contributed by atoms with Crippen molar-refractivity contribution in [3.8, 4) is 11.8 Å². The molecule has 2 aliphatic rings. The summed E-state index contributed by atoms with van der Waals surface area (Å²) in [5, 5.41) is 9.09. The van der Waals surface area contributed by atoms with Crippen molar-refractivity contribution in [2.75, 3.05) is 6.61 Å². The highest BCUT2D eigenvalue weighted by Gasteiger charge is 2.36. The second kappa shape index (κ2) is 5.80. The molecule has 104 valence electrons. The van der Waals surface area contributed by atoms with Gasteiger partial charge in [-0.1, -0.05) is 18.2 Å². The fourth-order valence-corrected chi connectivity index (χ4v) is 4.77. The SMILES string of the molecule is N#CCCOc1ccc(C2=CC3CCC(C2)S3=O)cc1. The molecule has 0 aliphatic carbocycles. The Labute approximate surface area is 121 Å². The molecule has 1 fully saturated rings. The monoisotopic (exact) mass is 287 g/mol. The number of benzene rings is 1. The Balaban J connectivity index is 1.71. The highest BCUT2D eigenvalue weighted by molar-refractivity contribution is 7.86. The van der Waals surface area contributed by atoms with Gasteiger partial charge in [-0.05, 0) is 42.5 Å². The van der Waals surface area contributed by atoms with Crippen molar-refractivity contribution in [1.82, 2.24) is 0 Å². The number of nitrogens with zero attached hydrogens (tertiary/aromatic N) is 1. The average Bonchev–Trinajstić information content (AvgIpc) is 2.69. The number of ether oxygens (including phenoxy) is 1. The number of hydrogen-bond acceptors (Lipinski definition) is 3. The number of allylic oxidation sites excluding steroid dienone is 1. The molecule has 1 saturated heterocycles. The van der Waals surface area contributed by atoms with E-state index in [-0.39, 0.29) is 5.25 Å². The Morgan fingerprint density at radius 3 is 2.80 bits per heavy atom. The van der Waals surface area contributed by atoms with Crippen molar-refractivity contribution < 1.29 is 8.95 Å². The van der Waals surface area contributed by atoms with E-state index in [0.29, 0.717) is 18.3 Å². The molecule has 3 unspecified atom stereocenters. The van der Waals surface area contributed by atoms with E-state index in [1.165, 1.54) is 11.1 Å².